The molecule has 0 aliphatic rings. The van der Waals surface area contributed by atoms with Crippen LogP contribution in [0.4, 0.5) is 0 Å². The van der Waals surface area contributed by atoms with Crippen LogP contribution in [0.3, 0.4) is 0 Å². The Morgan fingerprint density at radius 2 is 2.27 bits per heavy atom. The lowest BCUT2D eigenvalue weighted by atomic mass is 10.1. The van der Waals surface area contributed by atoms with E-state index in [2.05, 4.69) is 34.6 Å². The average molecular weight is 218 g/mol. The molecule has 2 aromatic rings. The summed E-state index contributed by atoms with van der Waals surface area (Å²) < 4.78 is 0. The smallest absolute Gasteiger partial charge is 0.0410 e. The van der Waals surface area contributed by atoms with Crippen molar-refractivity contribution < 1.29 is 0 Å². The molecule has 2 aromatic heterocycles. The summed E-state index contributed by atoms with van der Waals surface area (Å²) in [6.07, 6.45) is 3.84. The van der Waals surface area contributed by atoms with E-state index >= 15 is 0 Å². The molecule has 0 bridgehead atoms. The molecule has 0 unspecified atom stereocenters. The Morgan fingerprint density at radius 1 is 1.33 bits per heavy atom. The van der Waals surface area contributed by atoms with Crippen LogP contribution in [0.5, 0.6) is 0 Å². The number of hydrogen-bond acceptors (Lipinski definition) is 3. The van der Waals surface area contributed by atoms with Gasteiger partial charge in [0.15, 0.2) is 0 Å². The van der Waals surface area contributed by atoms with Crippen LogP contribution in [0.2, 0.25) is 0 Å². The van der Waals surface area contributed by atoms with E-state index in [-0.39, 0.29) is 0 Å². The number of pyridine rings is 1. The number of nitrogens with two attached hydrogens (primary N) is 1. The number of aromatic nitrogens is 1. The summed E-state index contributed by atoms with van der Waals surface area (Å²) in [7, 11) is 0. The molecule has 2 heterocycles. The van der Waals surface area contributed by atoms with Gasteiger partial charge >= 0.3 is 0 Å². The Labute approximate surface area is 93.8 Å². The highest BCUT2D eigenvalue weighted by molar-refractivity contribution is 7.13. The summed E-state index contributed by atoms with van der Waals surface area (Å²) in [4.78, 5) is 5.63. The second-order valence-corrected chi connectivity index (χ2v) is 4.35. The molecule has 3 heteroatoms. The van der Waals surface area contributed by atoms with Crippen molar-refractivity contribution in [1.82, 2.24) is 4.98 Å². The van der Waals surface area contributed by atoms with Crippen LogP contribution in [0.25, 0.3) is 10.4 Å². The van der Waals surface area contributed by atoms with Gasteiger partial charge in [0.25, 0.3) is 0 Å². The molecule has 2 N–H and O–H groups in total. The van der Waals surface area contributed by atoms with Gasteiger partial charge in [0.2, 0.25) is 0 Å². The fraction of sp³-hybridized carbons (Fsp3) is 0.250. The molecule has 0 radical (unpaired) electrons. The maximum Gasteiger partial charge on any atom is 0.0410 e. The monoisotopic (exact) mass is 218 g/mol. The Hall–Kier alpha value is -1.19. The van der Waals surface area contributed by atoms with Gasteiger partial charge in [-0.2, -0.15) is 0 Å². The molecule has 78 valence electrons. The van der Waals surface area contributed by atoms with Gasteiger partial charge < -0.3 is 5.73 Å². The molecule has 0 aliphatic carbocycles. The Morgan fingerprint density at radius 3 is 3.00 bits per heavy atom. The van der Waals surface area contributed by atoms with Crippen molar-refractivity contribution in [2.24, 2.45) is 5.73 Å². The SMILES string of the molecule is NCCCc1cc(-c2cccs2)ccn1. The van der Waals surface area contributed by atoms with Crippen LogP contribution in [0, 0.1) is 0 Å². The minimum absolute atomic E-state index is 0.727. The first-order chi connectivity index (χ1) is 7.40. The molecule has 0 fully saturated rings. The fourth-order valence-electron chi connectivity index (χ4n) is 1.49. The number of hydrogen-bond donors (Lipinski definition) is 1. The lowest BCUT2D eigenvalue weighted by molar-refractivity contribution is 0.811. The van der Waals surface area contributed by atoms with Crippen molar-refractivity contribution in [2.45, 2.75) is 12.8 Å². The minimum atomic E-state index is 0.727. The van der Waals surface area contributed by atoms with E-state index in [1.165, 1.54) is 10.4 Å². The Bertz CT molecular complexity index is 409. The molecule has 0 spiro atoms. The quantitative estimate of drug-likeness (QED) is 0.857. The van der Waals surface area contributed by atoms with Crippen molar-refractivity contribution in [2.75, 3.05) is 6.54 Å². The normalized spacial score (nSPS) is 10.5. The standard InChI is InChI=1S/C12H14N2S/c13-6-1-3-11-9-10(5-7-14-11)12-4-2-8-15-12/h2,4-5,7-9H,1,3,6,13H2. The van der Waals surface area contributed by atoms with Crippen LogP contribution in [-0.2, 0) is 6.42 Å². The second kappa shape index (κ2) is 5.05. The van der Waals surface area contributed by atoms with Gasteiger partial charge in [-0.05, 0) is 48.5 Å². The predicted molar refractivity (Wildman–Crippen MR) is 64.9 cm³/mol. The number of rotatable bonds is 4. The van der Waals surface area contributed by atoms with Gasteiger partial charge in [0, 0.05) is 16.8 Å². The predicted octanol–water partition coefficient (Wildman–Crippen LogP) is 2.70. The minimum Gasteiger partial charge on any atom is -0.330 e. The van der Waals surface area contributed by atoms with Crippen molar-refractivity contribution in [3.05, 3.63) is 41.5 Å². The highest BCUT2D eigenvalue weighted by Crippen LogP contribution is 2.24. The summed E-state index contributed by atoms with van der Waals surface area (Å²) in [6, 6.07) is 8.41. The third-order valence-electron chi connectivity index (χ3n) is 2.26. The topological polar surface area (TPSA) is 38.9 Å². The van der Waals surface area contributed by atoms with E-state index in [1.807, 2.05) is 6.20 Å². The molecule has 0 aliphatic heterocycles. The van der Waals surface area contributed by atoms with Gasteiger partial charge in [-0.1, -0.05) is 6.07 Å². The second-order valence-electron chi connectivity index (χ2n) is 3.41. The van der Waals surface area contributed by atoms with E-state index in [4.69, 9.17) is 5.73 Å². The van der Waals surface area contributed by atoms with Gasteiger partial charge in [0.1, 0.15) is 0 Å². The van der Waals surface area contributed by atoms with E-state index < -0.39 is 0 Å². The van der Waals surface area contributed by atoms with Gasteiger partial charge in [0.05, 0.1) is 0 Å². The zero-order chi connectivity index (χ0) is 10.5. The van der Waals surface area contributed by atoms with Crippen molar-refractivity contribution in [1.29, 1.82) is 0 Å². The van der Waals surface area contributed by atoms with Gasteiger partial charge in [-0.3, -0.25) is 4.98 Å². The first kappa shape index (κ1) is 10.3. The van der Waals surface area contributed by atoms with E-state index in [0.29, 0.717) is 0 Å². The van der Waals surface area contributed by atoms with E-state index in [9.17, 15) is 0 Å². The van der Waals surface area contributed by atoms with Crippen LogP contribution < -0.4 is 5.73 Å². The summed E-state index contributed by atoms with van der Waals surface area (Å²) in [5.41, 5.74) is 7.87. The lowest BCUT2D eigenvalue weighted by Gasteiger charge is -2.01. The fourth-order valence-corrected chi connectivity index (χ4v) is 2.22. The highest BCUT2D eigenvalue weighted by Gasteiger charge is 2.00. The Balaban J connectivity index is 2.19. The molecule has 0 aromatic carbocycles. The largest absolute Gasteiger partial charge is 0.330 e. The van der Waals surface area contributed by atoms with Crippen molar-refractivity contribution >= 4 is 11.3 Å². The van der Waals surface area contributed by atoms with Crippen LogP contribution in [0.15, 0.2) is 35.8 Å². The van der Waals surface area contributed by atoms with E-state index in [0.717, 1.165) is 25.1 Å². The van der Waals surface area contributed by atoms with Crippen LogP contribution in [0.1, 0.15) is 12.1 Å². The first-order valence-corrected chi connectivity index (χ1v) is 5.97. The van der Waals surface area contributed by atoms with Crippen LogP contribution >= 0.6 is 11.3 Å². The van der Waals surface area contributed by atoms with E-state index in [1.54, 1.807) is 11.3 Å². The molecule has 2 nitrogen and oxygen atoms in total. The lowest BCUT2D eigenvalue weighted by Crippen LogP contribution is -2.01. The highest BCUT2D eigenvalue weighted by atomic mass is 32.1. The summed E-state index contributed by atoms with van der Waals surface area (Å²) in [6.45, 7) is 0.727. The molecule has 0 amide bonds. The summed E-state index contributed by atoms with van der Waals surface area (Å²) in [5, 5.41) is 2.09. The Kier molecular flexibility index (Phi) is 3.48. The third kappa shape index (κ3) is 2.64. The molecule has 0 saturated carbocycles. The number of thiophene rings is 1. The zero-order valence-corrected chi connectivity index (χ0v) is 9.33. The summed E-state index contributed by atoms with van der Waals surface area (Å²) in [5.74, 6) is 0. The average Bonchev–Trinajstić information content (AvgIpc) is 2.80. The van der Waals surface area contributed by atoms with Crippen LogP contribution in [-0.4, -0.2) is 11.5 Å². The van der Waals surface area contributed by atoms with Crippen molar-refractivity contribution in [3.8, 4) is 10.4 Å². The molecule has 2 rings (SSSR count). The zero-order valence-electron chi connectivity index (χ0n) is 8.52. The molecular weight excluding hydrogens is 204 g/mol. The van der Waals surface area contributed by atoms with Crippen molar-refractivity contribution in [3.63, 3.8) is 0 Å². The molecule has 15 heavy (non-hydrogen) atoms. The maximum atomic E-state index is 5.48. The van der Waals surface area contributed by atoms with Gasteiger partial charge in [-0.25, -0.2) is 0 Å². The first-order valence-electron chi connectivity index (χ1n) is 5.09. The summed E-state index contributed by atoms with van der Waals surface area (Å²) >= 11 is 1.76. The number of nitrogens with zero attached hydrogens (tertiary/aromatic N) is 1. The molecular formula is C12H14N2S. The number of aryl methyl sites for hydroxylation is 1. The molecule has 0 atom stereocenters. The maximum absolute atomic E-state index is 5.48. The third-order valence-corrected chi connectivity index (χ3v) is 3.18. The van der Waals surface area contributed by atoms with Gasteiger partial charge in [-0.15, -0.1) is 11.3 Å². The molecule has 0 saturated heterocycles.